The average molecular weight is 235 g/mol. The number of hydrogen-bond acceptors (Lipinski definition) is 5. The van der Waals surface area contributed by atoms with Crippen LogP contribution in [0.5, 0.6) is 0 Å². The van der Waals surface area contributed by atoms with Gasteiger partial charge in [0.2, 0.25) is 0 Å². The second-order valence-electron chi connectivity index (χ2n) is 3.86. The SMILES string of the molecule is NC1OC(=O)C[C@H]1C(=O)OCc1ccccc1. The van der Waals surface area contributed by atoms with E-state index in [2.05, 4.69) is 4.74 Å². The summed E-state index contributed by atoms with van der Waals surface area (Å²) in [5.74, 6) is -1.64. The molecule has 0 saturated carbocycles. The van der Waals surface area contributed by atoms with E-state index in [0.29, 0.717) is 0 Å². The molecule has 1 unspecified atom stereocenters. The van der Waals surface area contributed by atoms with Crippen molar-refractivity contribution in [2.75, 3.05) is 0 Å². The second-order valence-corrected chi connectivity index (χ2v) is 3.86. The molecule has 0 aliphatic carbocycles. The minimum Gasteiger partial charge on any atom is -0.460 e. The van der Waals surface area contributed by atoms with Gasteiger partial charge in [-0.2, -0.15) is 0 Å². The summed E-state index contributed by atoms with van der Waals surface area (Å²) >= 11 is 0. The van der Waals surface area contributed by atoms with E-state index in [9.17, 15) is 9.59 Å². The third-order valence-electron chi connectivity index (χ3n) is 2.58. The number of rotatable bonds is 3. The summed E-state index contributed by atoms with van der Waals surface area (Å²) in [4.78, 5) is 22.6. The molecule has 2 rings (SSSR count). The Hall–Kier alpha value is -1.88. The maximum atomic E-state index is 11.6. The van der Waals surface area contributed by atoms with Crippen LogP contribution in [0.4, 0.5) is 0 Å². The molecule has 1 heterocycles. The summed E-state index contributed by atoms with van der Waals surface area (Å²) in [7, 11) is 0. The zero-order chi connectivity index (χ0) is 12.3. The first-order valence-electron chi connectivity index (χ1n) is 5.32. The van der Waals surface area contributed by atoms with Crippen molar-refractivity contribution < 1.29 is 19.1 Å². The van der Waals surface area contributed by atoms with Gasteiger partial charge in [0.05, 0.1) is 6.42 Å². The molecule has 0 bridgehead atoms. The quantitative estimate of drug-likeness (QED) is 0.775. The van der Waals surface area contributed by atoms with Gasteiger partial charge in [0.1, 0.15) is 12.5 Å². The van der Waals surface area contributed by atoms with Gasteiger partial charge in [-0.3, -0.25) is 15.3 Å². The molecule has 90 valence electrons. The molecule has 0 aromatic heterocycles. The van der Waals surface area contributed by atoms with E-state index < -0.39 is 24.1 Å². The average Bonchev–Trinajstić information content (AvgIpc) is 2.67. The van der Waals surface area contributed by atoms with Gasteiger partial charge < -0.3 is 9.47 Å². The fraction of sp³-hybridized carbons (Fsp3) is 0.333. The molecule has 0 radical (unpaired) electrons. The normalized spacial score (nSPS) is 23.2. The largest absolute Gasteiger partial charge is 0.460 e. The molecule has 0 spiro atoms. The summed E-state index contributed by atoms with van der Waals surface area (Å²) in [6, 6.07) is 9.30. The Morgan fingerprint density at radius 3 is 2.71 bits per heavy atom. The number of benzene rings is 1. The minimum absolute atomic E-state index is 0.00517. The fourth-order valence-electron chi connectivity index (χ4n) is 1.63. The minimum atomic E-state index is -0.884. The molecule has 2 N–H and O–H groups in total. The van der Waals surface area contributed by atoms with Crippen LogP contribution in [0.2, 0.25) is 0 Å². The highest BCUT2D eigenvalue weighted by Gasteiger charge is 2.38. The third-order valence-corrected chi connectivity index (χ3v) is 2.58. The third kappa shape index (κ3) is 2.82. The van der Waals surface area contributed by atoms with Gasteiger partial charge in [0.15, 0.2) is 6.23 Å². The predicted molar refractivity (Wildman–Crippen MR) is 58.4 cm³/mol. The van der Waals surface area contributed by atoms with Crippen molar-refractivity contribution in [1.82, 2.24) is 0 Å². The van der Waals surface area contributed by atoms with Crippen molar-refractivity contribution in [1.29, 1.82) is 0 Å². The van der Waals surface area contributed by atoms with Crippen LogP contribution in [0.1, 0.15) is 12.0 Å². The van der Waals surface area contributed by atoms with E-state index in [0.717, 1.165) is 5.56 Å². The van der Waals surface area contributed by atoms with Crippen LogP contribution in [0.25, 0.3) is 0 Å². The molecule has 2 atom stereocenters. The van der Waals surface area contributed by atoms with Gasteiger partial charge >= 0.3 is 11.9 Å². The maximum Gasteiger partial charge on any atom is 0.315 e. The van der Waals surface area contributed by atoms with Crippen LogP contribution in [-0.4, -0.2) is 18.2 Å². The number of carbonyl (C=O) groups is 2. The lowest BCUT2D eigenvalue weighted by Crippen LogP contribution is -2.33. The number of hydrogen-bond donors (Lipinski definition) is 1. The molecule has 0 amide bonds. The van der Waals surface area contributed by atoms with E-state index in [1.54, 1.807) is 0 Å². The van der Waals surface area contributed by atoms with E-state index in [1.165, 1.54) is 0 Å². The van der Waals surface area contributed by atoms with Crippen LogP contribution in [0.3, 0.4) is 0 Å². The topological polar surface area (TPSA) is 78.6 Å². The lowest BCUT2D eigenvalue weighted by atomic mass is 10.1. The standard InChI is InChI=1S/C12H13NO4/c13-11-9(6-10(14)17-11)12(15)16-7-8-4-2-1-3-5-8/h1-5,9,11H,6-7,13H2/t9-,11?/m1/s1. The van der Waals surface area contributed by atoms with Crippen LogP contribution in [0, 0.1) is 5.92 Å². The first-order valence-corrected chi connectivity index (χ1v) is 5.32. The van der Waals surface area contributed by atoms with Gasteiger partial charge in [-0.1, -0.05) is 30.3 Å². The highest BCUT2D eigenvalue weighted by Crippen LogP contribution is 2.20. The molecule has 1 saturated heterocycles. The summed E-state index contributed by atoms with van der Waals surface area (Å²) in [6.45, 7) is 0.178. The molecule has 5 heteroatoms. The highest BCUT2D eigenvalue weighted by atomic mass is 16.6. The van der Waals surface area contributed by atoms with Crippen molar-refractivity contribution >= 4 is 11.9 Å². The Bertz CT molecular complexity index is 418. The Kier molecular flexibility index (Phi) is 3.39. The van der Waals surface area contributed by atoms with E-state index in [1.807, 2.05) is 30.3 Å². The van der Waals surface area contributed by atoms with Crippen molar-refractivity contribution in [3.63, 3.8) is 0 Å². The number of ether oxygens (including phenoxy) is 2. The summed E-state index contributed by atoms with van der Waals surface area (Å²) in [5.41, 5.74) is 6.38. The summed E-state index contributed by atoms with van der Waals surface area (Å²) in [6.07, 6.45) is -0.889. The molecule has 1 aliphatic heterocycles. The van der Waals surface area contributed by atoms with Crippen LogP contribution in [0.15, 0.2) is 30.3 Å². The molecule has 1 aromatic rings. The van der Waals surface area contributed by atoms with Crippen LogP contribution < -0.4 is 5.73 Å². The van der Waals surface area contributed by atoms with Crippen molar-refractivity contribution in [2.24, 2.45) is 11.7 Å². The lowest BCUT2D eigenvalue weighted by molar-refractivity contribution is -0.151. The van der Waals surface area contributed by atoms with Crippen molar-refractivity contribution in [3.05, 3.63) is 35.9 Å². The molecule has 1 aromatic carbocycles. The monoisotopic (exact) mass is 235 g/mol. The molecule has 17 heavy (non-hydrogen) atoms. The zero-order valence-corrected chi connectivity index (χ0v) is 9.17. The van der Waals surface area contributed by atoms with Crippen molar-refractivity contribution in [3.8, 4) is 0 Å². The fourth-order valence-corrected chi connectivity index (χ4v) is 1.63. The van der Waals surface area contributed by atoms with E-state index in [-0.39, 0.29) is 13.0 Å². The Labute approximate surface area is 98.5 Å². The number of esters is 2. The van der Waals surface area contributed by atoms with E-state index >= 15 is 0 Å². The van der Waals surface area contributed by atoms with Gasteiger partial charge in [-0.15, -0.1) is 0 Å². The number of nitrogens with two attached hydrogens (primary N) is 1. The van der Waals surface area contributed by atoms with Gasteiger partial charge in [0.25, 0.3) is 0 Å². The number of cyclic esters (lactones) is 1. The first-order chi connectivity index (χ1) is 8.16. The second kappa shape index (κ2) is 4.97. The van der Waals surface area contributed by atoms with Gasteiger partial charge in [0, 0.05) is 0 Å². The summed E-state index contributed by atoms with van der Waals surface area (Å²) < 4.78 is 9.76. The van der Waals surface area contributed by atoms with E-state index in [4.69, 9.17) is 10.5 Å². The zero-order valence-electron chi connectivity index (χ0n) is 9.17. The van der Waals surface area contributed by atoms with Crippen molar-refractivity contribution in [2.45, 2.75) is 19.3 Å². The molecule has 5 nitrogen and oxygen atoms in total. The summed E-state index contributed by atoms with van der Waals surface area (Å²) in [5, 5.41) is 0. The van der Waals surface area contributed by atoms with Crippen LogP contribution >= 0.6 is 0 Å². The molecule has 1 fully saturated rings. The van der Waals surface area contributed by atoms with Gasteiger partial charge in [-0.05, 0) is 5.56 Å². The maximum absolute atomic E-state index is 11.6. The van der Waals surface area contributed by atoms with Crippen LogP contribution in [-0.2, 0) is 25.7 Å². The lowest BCUT2D eigenvalue weighted by Gasteiger charge is -2.12. The predicted octanol–water partition coefficient (Wildman–Crippen LogP) is 0.578. The number of carbonyl (C=O) groups excluding carboxylic acids is 2. The Morgan fingerprint density at radius 1 is 1.41 bits per heavy atom. The Balaban J connectivity index is 1.88. The molecular formula is C12H13NO4. The highest BCUT2D eigenvalue weighted by molar-refractivity contribution is 5.83. The molecule has 1 aliphatic rings. The molecular weight excluding hydrogens is 222 g/mol. The van der Waals surface area contributed by atoms with Gasteiger partial charge in [-0.25, -0.2) is 0 Å². The first kappa shape index (κ1) is 11.6. The smallest absolute Gasteiger partial charge is 0.315 e. The Morgan fingerprint density at radius 2 is 2.12 bits per heavy atom.